The van der Waals surface area contributed by atoms with Gasteiger partial charge in [0.15, 0.2) is 5.82 Å². The van der Waals surface area contributed by atoms with Gasteiger partial charge in [0.05, 0.1) is 6.61 Å². The normalized spacial score (nSPS) is 13.3. The van der Waals surface area contributed by atoms with Crippen molar-refractivity contribution in [3.8, 4) is 11.4 Å². The lowest BCUT2D eigenvalue weighted by atomic mass is 10.1. The maximum atomic E-state index is 5.27. The summed E-state index contributed by atoms with van der Waals surface area (Å²) in [6, 6.07) is 8.16. The van der Waals surface area contributed by atoms with Gasteiger partial charge in [0.2, 0.25) is 0 Å². The van der Waals surface area contributed by atoms with E-state index in [0.717, 1.165) is 35.6 Å². The van der Waals surface area contributed by atoms with Crippen molar-refractivity contribution in [3.63, 3.8) is 0 Å². The molecule has 0 bridgehead atoms. The molecule has 0 saturated heterocycles. The summed E-state index contributed by atoms with van der Waals surface area (Å²) in [6.07, 6.45) is 3.29. The Morgan fingerprint density at radius 1 is 1.20 bits per heavy atom. The monoisotopic (exact) mass is 269 g/mol. The van der Waals surface area contributed by atoms with Gasteiger partial charge in [-0.2, -0.15) is 0 Å². The van der Waals surface area contributed by atoms with E-state index in [4.69, 9.17) is 14.7 Å². The number of nitrogens with one attached hydrogen (secondary N) is 1. The van der Waals surface area contributed by atoms with Gasteiger partial charge in [-0.1, -0.05) is 24.3 Å². The number of fused-ring (bicyclic) bond motifs is 1. The second-order valence-corrected chi connectivity index (χ2v) is 5.01. The second-order valence-electron chi connectivity index (χ2n) is 5.01. The lowest BCUT2D eigenvalue weighted by molar-refractivity contribution is 0.185. The van der Waals surface area contributed by atoms with Crippen molar-refractivity contribution < 1.29 is 4.74 Å². The highest BCUT2D eigenvalue weighted by molar-refractivity contribution is 5.64. The summed E-state index contributed by atoms with van der Waals surface area (Å²) in [5, 5.41) is 3.21. The number of methoxy groups -OCH3 is 1. The lowest BCUT2D eigenvalue weighted by Crippen LogP contribution is -2.04. The summed E-state index contributed by atoms with van der Waals surface area (Å²) in [6.45, 7) is 0.575. The molecule has 0 saturated carbocycles. The molecule has 4 nitrogen and oxygen atoms in total. The van der Waals surface area contributed by atoms with Crippen LogP contribution in [-0.4, -0.2) is 24.1 Å². The number of rotatable bonds is 4. The van der Waals surface area contributed by atoms with Gasteiger partial charge >= 0.3 is 0 Å². The molecule has 0 radical (unpaired) electrons. The predicted octanol–water partition coefficient (Wildman–Crippen LogP) is 2.82. The predicted molar refractivity (Wildman–Crippen MR) is 79.8 cm³/mol. The molecular weight excluding hydrogens is 250 g/mol. The lowest BCUT2D eigenvalue weighted by Gasteiger charge is -2.12. The van der Waals surface area contributed by atoms with Crippen LogP contribution in [0.2, 0.25) is 0 Å². The number of hydrogen-bond donors (Lipinski definition) is 1. The minimum atomic E-state index is 0.575. The third-order valence-electron chi connectivity index (χ3n) is 3.73. The molecule has 0 atom stereocenters. The van der Waals surface area contributed by atoms with E-state index in [1.165, 1.54) is 17.7 Å². The molecule has 1 aromatic carbocycles. The van der Waals surface area contributed by atoms with Gasteiger partial charge < -0.3 is 10.1 Å². The van der Waals surface area contributed by atoms with Crippen molar-refractivity contribution in [1.29, 1.82) is 0 Å². The Morgan fingerprint density at radius 3 is 2.85 bits per heavy atom. The SMILES string of the molecule is CNc1nc(-c2ccccc2COC)nc2c1CCC2. The molecule has 1 N–H and O–H groups in total. The summed E-state index contributed by atoms with van der Waals surface area (Å²) in [5.74, 6) is 1.76. The largest absolute Gasteiger partial charge is 0.380 e. The van der Waals surface area contributed by atoms with E-state index in [9.17, 15) is 0 Å². The molecule has 0 spiro atoms. The number of nitrogens with zero attached hydrogens (tertiary/aromatic N) is 2. The van der Waals surface area contributed by atoms with Gasteiger partial charge in [-0.25, -0.2) is 9.97 Å². The zero-order chi connectivity index (χ0) is 13.9. The molecule has 0 unspecified atom stereocenters. The van der Waals surface area contributed by atoms with Crippen LogP contribution in [0.25, 0.3) is 11.4 Å². The van der Waals surface area contributed by atoms with E-state index < -0.39 is 0 Å². The summed E-state index contributed by atoms with van der Waals surface area (Å²) in [4.78, 5) is 9.47. The summed E-state index contributed by atoms with van der Waals surface area (Å²) in [7, 11) is 3.63. The van der Waals surface area contributed by atoms with Gasteiger partial charge in [0, 0.05) is 31.0 Å². The highest BCUT2D eigenvalue weighted by Gasteiger charge is 2.20. The number of hydrogen-bond acceptors (Lipinski definition) is 4. The maximum absolute atomic E-state index is 5.27. The highest BCUT2D eigenvalue weighted by atomic mass is 16.5. The van der Waals surface area contributed by atoms with Crippen LogP contribution in [0.15, 0.2) is 24.3 Å². The first-order valence-corrected chi connectivity index (χ1v) is 6.98. The molecule has 2 aromatic rings. The molecule has 1 heterocycles. The van der Waals surface area contributed by atoms with Crippen LogP contribution < -0.4 is 5.32 Å². The maximum Gasteiger partial charge on any atom is 0.162 e. The van der Waals surface area contributed by atoms with Gasteiger partial charge in [0.25, 0.3) is 0 Å². The van der Waals surface area contributed by atoms with Crippen LogP contribution in [0.4, 0.5) is 5.82 Å². The second kappa shape index (κ2) is 5.59. The average Bonchev–Trinajstić information content (AvgIpc) is 2.95. The Hall–Kier alpha value is -1.94. The molecule has 0 aliphatic heterocycles. The Balaban J connectivity index is 2.11. The van der Waals surface area contributed by atoms with Crippen molar-refractivity contribution in [3.05, 3.63) is 41.1 Å². The molecule has 1 aromatic heterocycles. The van der Waals surface area contributed by atoms with Crippen molar-refractivity contribution >= 4 is 5.82 Å². The molecular formula is C16H19N3O. The van der Waals surface area contributed by atoms with Gasteiger partial charge in [-0.3, -0.25) is 0 Å². The van der Waals surface area contributed by atoms with E-state index >= 15 is 0 Å². The fourth-order valence-corrected chi connectivity index (χ4v) is 2.78. The Morgan fingerprint density at radius 2 is 2.05 bits per heavy atom. The van der Waals surface area contributed by atoms with Crippen LogP contribution in [0.1, 0.15) is 23.2 Å². The molecule has 0 amide bonds. The quantitative estimate of drug-likeness (QED) is 0.927. The number of benzene rings is 1. The molecule has 0 fully saturated rings. The molecule has 1 aliphatic rings. The van der Waals surface area contributed by atoms with Crippen molar-refractivity contribution in [2.45, 2.75) is 25.9 Å². The Kier molecular flexibility index (Phi) is 3.65. The fourth-order valence-electron chi connectivity index (χ4n) is 2.78. The summed E-state index contributed by atoms with van der Waals surface area (Å²) in [5.41, 5.74) is 4.64. The zero-order valence-corrected chi connectivity index (χ0v) is 11.9. The topological polar surface area (TPSA) is 47.0 Å². The average molecular weight is 269 g/mol. The van der Waals surface area contributed by atoms with E-state index in [2.05, 4.69) is 17.4 Å². The third-order valence-corrected chi connectivity index (χ3v) is 3.73. The van der Waals surface area contributed by atoms with Crippen LogP contribution in [0.3, 0.4) is 0 Å². The molecule has 20 heavy (non-hydrogen) atoms. The van der Waals surface area contributed by atoms with Crippen molar-refractivity contribution in [2.75, 3.05) is 19.5 Å². The number of aromatic nitrogens is 2. The van der Waals surface area contributed by atoms with Gasteiger partial charge in [-0.15, -0.1) is 0 Å². The molecule has 4 heteroatoms. The van der Waals surface area contributed by atoms with Gasteiger partial charge in [-0.05, 0) is 24.8 Å². The van der Waals surface area contributed by atoms with E-state index in [1.54, 1.807) is 7.11 Å². The minimum Gasteiger partial charge on any atom is -0.380 e. The van der Waals surface area contributed by atoms with E-state index in [0.29, 0.717) is 6.61 Å². The number of aryl methyl sites for hydroxylation is 1. The standard InChI is InChI=1S/C16H19N3O/c1-17-15-13-8-5-9-14(13)18-16(19-15)12-7-4-3-6-11(12)10-20-2/h3-4,6-7H,5,8-10H2,1-2H3,(H,17,18,19). The van der Waals surface area contributed by atoms with Crippen LogP contribution >= 0.6 is 0 Å². The fraction of sp³-hybridized carbons (Fsp3) is 0.375. The van der Waals surface area contributed by atoms with Crippen molar-refractivity contribution in [2.24, 2.45) is 0 Å². The van der Waals surface area contributed by atoms with E-state index in [1.807, 2.05) is 19.2 Å². The number of ether oxygens (including phenoxy) is 1. The van der Waals surface area contributed by atoms with Gasteiger partial charge in [0.1, 0.15) is 5.82 Å². The molecule has 3 rings (SSSR count). The summed E-state index contributed by atoms with van der Waals surface area (Å²) < 4.78 is 5.27. The van der Waals surface area contributed by atoms with Crippen LogP contribution in [0, 0.1) is 0 Å². The van der Waals surface area contributed by atoms with Crippen molar-refractivity contribution in [1.82, 2.24) is 9.97 Å². The molecule has 1 aliphatic carbocycles. The molecule has 104 valence electrons. The van der Waals surface area contributed by atoms with Crippen LogP contribution in [0.5, 0.6) is 0 Å². The smallest absolute Gasteiger partial charge is 0.162 e. The van der Waals surface area contributed by atoms with E-state index in [-0.39, 0.29) is 0 Å². The van der Waals surface area contributed by atoms with Crippen LogP contribution in [-0.2, 0) is 24.2 Å². The number of anilines is 1. The Labute approximate surface area is 119 Å². The third kappa shape index (κ3) is 2.27. The summed E-state index contributed by atoms with van der Waals surface area (Å²) >= 11 is 0. The first kappa shape index (κ1) is 13.1. The minimum absolute atomic E-state index is 0.575. The highest BCUT2D eigenvalue weighted by Crippen LogP contribution is 2.30. The first-order valence-electron chi connectivity index (χ1n) is 6.98. The first-order chi connectivity index (χ1) is 9.83. The zero-order valence-electron chi connectivity index (χ0n) is 11.9. The Bertz CT molecular complexity index is 625.